The summed E-state index contributed by atoms with van der Waals surface area (Å²) in [7, 11) is 0. The van der Waals surface area contributed by atoms with E-state index in [-0.39, 0.29) is 0 Å². The van der Waals surface area contributed by atoms with Crippen LogP contribution in [0.25, 0.3) is 71.2 Å². The Morgan fingerprint density at radius 3 is 1.89 bits per heavy atom. The van der Waals surface area contributed by atoms with Crippen molar-refractivity contribution in [3.63, 3.8) is 0 Å². The van der Waals surface area contributed by atoms with Gasteiger partial charge in [-0.15, -0.1) is 0 Å². The summed E-state index contributed by atoms with van der Waals surface area (Å²) in [5.74, 6) is 0.482. The third-order valence-corrected chi connectivity index (χ3v) is 9.64. The number of fused-ring (bicyclic) bond motifs is 7. The second-order valence-electron chi connectivity index (χ2n) is 13.1. The highest BCUT2D eigenvalue weighted by Crippen LogP contribution is 2.46. The summed E-state index contributed by atoms with van der Waals surface area (Å²) in [5.41, 5.74) is 13.0. The largest absolute Gasteiger partial charge is 0.337 e. The molecule has 0 aliphatic rings. The van der Waals surface area contributed by atoms with Gasteiger partial charge in [0.25, 0.3) is 0 Å². The van der Waals surface area contributed by atoms with Crippen molar-refractivity contribution in [3.05, 3.63) is 126 Å². The number of rotatable bonds is 4. The molecule has 2 heteroatoms. The minimum Gasteiger partial charge on any atom is -0.337 e. The Balaban J connectivity index is 1.63. The van der Waals surface area contributed by atoms with Crippen LogP contribution >= 0.6 is 0 Å². The molecule has 6 aromatic carbocycles. The molecule has 44 heavy (non-hydrogen) atoms. The number of para-hydroxylation sites is 3. The third kappa shape index (κ3) is 3.73. The van der Waals surface area contributed by atoms with Gasteiger partial charge in [0.1, 0.15) is 0 Å². The standard InChI is InChI=1S/C42H38N2/c1-25(2)35-22-28(6)39(23-27(35)5)44-38-21-12-10-17-32(38)36-24-29-14-7-8-15-30(29)40(42(36)44)34-19-13-18-33-31-16-9-11-20-37(31)43(26(3)4)41(33)34/h7-26H,1-6H3. The van der Waals surface area contributed by atoms with Crippen LogP contribution < -0.4 is 0 Å². The Labute approximate surface area is 259 Å². The summed E-state index contributed by atoms with van der Waals surface area (Å²) in [6.07, 6.45) is 0. The van der Waals surface area contributed by atoms with E-state index >= 15 is 0 Å². The Morgan fingerprint density at radius 2 is 1.16 bits per heavy atom. The fraction of sp³-hybridized carbons (Fsp3) is 0.190. The Morgan fingerprint density at radius 1 is 0.523 bits per heavy atom. The predicted molar refractivity (Wildman–Crippen MR) is 191 cm³/mol. The molecule has 8 aromatic rings. The van der Waals surface area contributed by atoms with Gasteiger partial charge in [0, 0.05) is 49.9 Å². The van der Waals surface area contributed by atoms with E-state index in [4.69, 9.17) is 0 Å². The second kappa shape index (κ2) is 9.86. The molecule has 2 nitrogen and oxygen atoms in total. The zero-order valence-electron chi connectivity index (χ0n) is 26.4. The first-order valence-electron chi connectivity index (χ1n) is 15.9. The third-order valence-electron chi connectivity index (χ3n) is 9.64. The highest BCUT2D eigenvalue weighted by atomic mass is 15.0. The first-order chi connectivity index (χ1) is 21.3. The zero-order chi connectivity index (χ0) is 30.3. The number of hydrogen-bond donors (Lipinski definition) is 0. The molecule has 0 saturated heterocycles. The van der Waals surface area contributed by atoms with Crippen molar-refractivity contribution in [3.8, 4) is 16.8 Å². The number of benzene rings is 6. The number of hydrogen-bond acceptors (Lipinski definition) is 0. The van der Waals surface area contributed by atoms with E-state index in [0.717, 1.165) is 0 Å². The Kier molecular flexibility index (Phi) is 6.00. The van der Waals surface area contributed by atoms with Gasteiger partial charge >= 0.3 is 0 Å². The maximum Gasteiger partial charge on any atom is 0.0626 e. The van der Waals surface area contributed by atoms with Crippen molar-refractivity contribution in [2.45, 2.75) is 53.5 Å². The van der Waals surface area contributed by atoms with Crippen LogP contribution in [-0.4, -0.2) is 9.13 Å². The summed E-state index contributed by atoms with van der Waals surface area (Å²) in [6, 6.07) is 41.2. The van der Waals surface area contributed by atoms with Crippen LogP contribution in [0.4, 0.5) is 0 Å². The Bertz CT molecular complexity index is 2410. The van der Waals surface area contributed by atoms with Crippen molar-refractivity contribution >= 4 is 54.4 Å². The van der Waals surface area contributed by atoms with E-state index in [9.17, 15) is 0 Å². The number of aromatic nitrogens is 2. The molecule has 0 amide bonds. The SMILES string of the molecule is Cc1cc(-n2c3ccccc3c3cc4ccccc4c(-c4cccc5c6ccccc6n(C(C)C)c45)c32)c(C)cc1C(C)C. The van der Waals surface area contributed by atoms with Crippen LogP contribution in [0.3, 0.4) is 0 Å². The van der Waals surface area contributed by atoms with E-state index in [1.807, 2.05) is 0 Å². The molecule has 0 N–H and O–H groups in total. The summed E-state index contributed by atoms with van der Waals surface area (Å²) in [6.45, 7) is 13.7. The molecule has 0 bridgehead atoms. The molecule has 8 rings (SSSR count). The maximum absolute atomic E-state index is 2.56. The molecule has 0 unspecified atom stereocenters. The minimum atomic E-state index is 0.309. The summed E-state index contributed by atoms with van der Waals surface area (Å²) in [4.78, 5) is 0. The van der Waals surface area contributed by atoms with E-state index in [1.54, 1.807) is 0 Å². The molecule has 0 spiro atoms. The first kappa shape index (κ1) is 26.8. The molecule has 0 aliphatic carbocycles. The van der Waals surface area contributed by atoms with E-state index < -0.39 is 0 Å². The van der Waals surface area contributed by atoms with Gasteiger partial charge in [-0.2, -0.15) is 0 Å². The predicted octanol–water partition coefficient (Wildman–Crippen LogP) is 12.0. The molecule has 2 heterocycles. The van der Waals surface area contributed by atoms with E-state index in [0.29, 0.717) is 12.0 Å². The normalized spacial score (nSPS) is 12.3. The van der Waals surface area contributed by atoms with Crippen molar-refractivity contribution in [1.82, 2.24) is 9.13 Å². The quantitative estimate of drug-likeness (QED) is 0.199. The molecule has 0 fully saturated rings. The highest BCUT2D eigenvalue weighted by molar-refractivity contribution is 6.24. The molecule has 0 atom stereocenters. The van der Waals surface area contributed by atoms with Gasteiger partial charge in [-0.05, 0) is 85.3 Å². The van der Waals surface area contributed by atoms with Gasteiger partial charge < -0.3 is 9.13 Å². The van der Waals surface area contributed by atoms with Gasteiger partial charge in [0.05, 0.1) is 16.6 Å². The van der Waals surface area contributed by atoms with Crippen LogP contribution in [0.2, 0.25) is 0 Å². The van der Waals surface area contributed by atoms with E-state index in [2.05, 4.69) is 160 Å². The number of nitrogens with zero attached hydrogens (tertiary/aromatic N) is 2. The van der Waals surface area contributed by atoms with Gasteiger partial charge in [0.2, 0.25) is 0 Å². The van der Waals surface area contributed by atoms with Gasteiger partial charge in [0.15, 0.2) is 0 Å². The lowest BCUT2D eigenvalue weighted by Crippen LogP contribution is -2.04. The molecule has 0 saturated carbocycles. The monoisotopic (exact) mass is 570 g/mol. The molecular formula is C42H38N2. The lowest BCUT2D eigenvalue weighted by Gasteiger charge is -2.20. The maximum atomic E-state index is 2.56. The molecule has 216 valence electrons. The fourth-order valence-electron chi connectivity index (χ4n) is 7.79. The van der Waals surface area contributed by atoms with E-state index in [1.165, 1.54) is 87.9 Å². The molecule has 0 radical (unpaired) electrons. The topological polar surface area (TPSA) is 9.86 Å². The zero-order valence-corrected chi connectivity index (χ0v) is 26.4. The van der Waals surface area contributed by atoms with Crippen molar-refractivity contribution in [1.29, 1.82) is 0 Å². The summed E-state index contributed by atoms with van der Waals surface area (Å²) in [5, 5.41) is 7.75. The van der Waals surface area contributed by atoms with Crippen LogP contribution in [0, 0.1) is 13.8 Å². The smallest absolute Gasteiger partial charge is 0.0626 e. The van der Waals surface area contributed by atoms with Crippen molar-refractivity contribution in [2.75, 3.05) is 0 Å². The van der Waals surface area contributed by atoms with Gasteiger partial charge in [-0.1, -0.05) is 98.8 Å². The lowest BCUT2D eigenvalue weighted by atomic mass is 9.92. The number of aryl methyl sites for hydroxylation is 2. The van der Waals surface area contributed by atoms with Crippen LogP contribution in [0.5, 0.6) is 0 Å². The summed E-state index contributed by atoms with van der Waals surface area (Å²) < 4.78 is 5.10. The summed E-state index contributed by atoms with van der Waals surface area (Å²) >= 11 is 0. The van der Waals surface area contributed by atoms with Crippen molar-refractivity contribution < 1.29 is 0 Å². The minimum absolute atomic E-state index is 0.309. The average Bonchev–Trinajstić information content (AvgIpc) is 3.54. The van der Waals surface area contributed by atoms with Crippen molar-refractivity contribution in [2.24, 2.45) is 0 Å². The molecular weight excluding hydrogens is 532 g/mol. The van der Waals surface area contributed by atoms with Gasteiger partial charge in [-0.25, -0.2) is 0 Å². The van der Waals surface area contributed by atoms with Crippen LogP contribution in [0.15, 0.2) is 109 Å². The van der Waals surface area contributed by atoms with Crippen LogP contribution in [0.1, 0.15) is 56.3 Å². The highest BCUT2D eigenvalue weighted by Gasteiger charge is 2.24. The second-order valence-corrected chi connectivity index (χ2v) is 13.1. The lowest BCUT2D eigenvalue weighted by molar-refractivity contribution is 0.642. The molecule has 0 aliphatic heterocycles. The molecule has 2 aromatic heterocycles. The van der Waals surface area contributed by atoms with Gasteiger partial charge in [-0.3, -0.25) is 0 Å². The fourth-order valence-corrected chi connectivity index (χ4v) is 7.79. The Hall–Kier alpha value is -4.82. The van der Waals surface area contributed by atoms with Crippen LogP contribution in [-0.2, 0) is 0 Å². The average molecular weight is 571 g/mol. The first-order valence-corrected chi connectivity index (χ1v) is 15.9.